The van der Waals surface area contributed by atoms with Gasteiger partial charge in [-0.15, -0.1) is 0 Å². The van der Waals surface area contributed by atoms with Gasteiger partial charge in [-0.05, 0) is 30.9 Å². The summed E-state index contributed by atoms with van der Waals surface area (Å²) in [5.41, 5.74) is 3.41. The van der Waals surface area contributed by atoms with Crippen LogP contribution in [0.1, 0.15) is 25.3 Å². The standard InChI is InChI=1S/C14H20ClFN2O/c1-2-13-10(6-7-19-13)12(18-17)8-9-4-3-5-11(15)14(9)16/h3-5,10,12-13,18H,2,6-8,17H2,1H3. The number of hydrazine groups is 1. The first kappa shape index (κ1) is 14.7. The summed E-state index contributed by atoms with van der Waals surface area (Å²) in [4.78, 5) is 0. The summed E-state index contributed by atoms with van der Waals surface area (Å²) in [7, 11) is 0. The summed E-state index contributed by atoms with van der Waals surface area (Å²) in [5, 5.41) is 0.156. The summed E-state index contributed by atoms with van der Waals surface area (Å²) in [6.07, 6.45) is 2.62. The van der Waals surface area contributed by atoms with Crippen LogP contribution in [0.25, 0.3) is 0 Å². The van der Waals surface area contributed by atoms with Crippen LogP contribution < -0.4 is 11.3 Å². The second-order valence-electron chi connectivity index (χ2n) is 4.96. The van der Waals surface area contributed by atoms with E-state index >= 15 is 0 Å². The van der Waals surface area contributed by atoms with E-state index in [2.05, 4.69) is 12.3 Å². The fourth-order valence-electron chi connectivity index (χ4n) is 2.82. The smallest absolute Gasteiger partial charge is 0.145 e. The normalized spacial score (nSPS) is 24.6. The Morgan fingerprint density at radius 2 is 2.37 bits per heavy atom. The first-order valence-electron chi connectivity index (χ1n) is 6.68. The number of rotatable bonds is 5. The zero-order valence-electron chi connectivity index (χ0n) is 11.0. The Hall–Kier alpha value is -0.680. The molecule has 1 aromatic carbocycles. The molecule has 2 rings (SSSR count). The van der Waals surface area contributed by atoms with Crippen LogP contribution in [0.15, 0.2) is 18.2 Å². The van der Waals surface area contributed by atoms with E-state index in [1.807, 2.05) is 0 Å². The average molecular weight is 287 g/mol. The number of ether oxygens (including phenoxy) is 1. The summed E-state index contributed by atoms with van der Waals surface area (Å²) < 4.78 is 19.6. The van der Waals surface area contributed by atoms with Gasteiger partial charge in [0, 0.05) is 18.6 Å². The van der Waals surface area contributed by atoms with E-state index in [-0.39, 0.29) is 23.0 Å². The van der Waals surface area contributed by atoms with Crippen molar-refractivity contribution in [2.75, 3.05) is 6.61 Å². The number of hydrogen-bond donors (Lipinski definition) is 2. The SMILES string of the molecule is CCC1OCCC1C(Cc1cccc(Cl)c1F)NN. The third-order valence-electron chi connectivity index (χ3n) is 3.87. The summed E-state index contributed by atoms with van der Waals surface area (Å²) in [6.45, 7) is 2.84. The minimum absolute atomic E-state index is 0.000386. The molecule has 106 valence electrons. The van der Waals surface area contributed by atoms with Crippen molar-refractivity contribution in [2.45, 2.75) is 38.3 Å². The number of nitrogens with one attached hydrogen (secondary N) is 1. The second kappa shape index (κ2) is 6.66. The maximum Gasteiger partial charge on any atom is 0.145 e. The Bertz CT molecular complexity index is 430. The molecule has 3 unspecified atom stereocenters. The number of nitrogens with two attached hydrogens (primary N) is 1. The first-order chi connectivity index (χ1) is 9.17. The van der Waals surface area contributed by atoms with Crippen LogP contribution >= 0.6 is 11.6 Å². The van der Waals surface area contributed by atoms with Crippen LogP contribution in [-0.4, -0.2) is 18.8 Å². The molecule has 1 heterocycles. The van der Waals surface area contributed by atoms with Crippen LogP contribution in [0.5, 0.6) is 0 Å². The van der Waals surface area contributed by atoms with Crippen LogP contribution in [0.3, 0.4) is 0 Å². The molecule has 3 N–H and O–H groups in total. The predicted molar refractivity (Wildman–Crippen MR) is 74.4 cm³/mol. The van der Waals surface area contributed by atoms with Gasteiger partial charge in [0.05, 0.1) is 11.1 Å². The molecule has 3 nitrogen and oxygen atoms in total. The van der Waals surface area contributed by atoms with Gasteiger partial charge in [0.2, 0.25) is 0 Å². The maximum absolute atomic E-state index is 13.9. The van der Waals surface area contributed by atoms with Crippen molar-refractivity contribution in [3.63, 3.8) is 0 Å². The molecule has 1 aliphatic heterocycles. The maximum atomic E-state index is 13.9. The lowest BCUT2D eigenvalue weighted by molar-refractivity contribution is 0.0774. The topological polar surface area (TPSA) is 47.3 Å². The van der Waals surface area contributed by atoms with Crippen molar-refractivity contribution in [3.05, 3.63) is 34.6 Å². The highest BCUT2D eigenvalue weighted by molar-refractivity contribution is 6.30. The molecule has 0 amide bonds. The van der Waals surface area contributed by atoms with E-state index in [0.717, 1.165) is 19.4 Å². The van der Waals surface area contributed by atoms with Crippen LogP contribution in [0, 0.1) is 11.7 Å². The van der Waals surface area contributed by atoms with Gasteiger partial charge in [-0.2, -0.15) is 0 Å². The van der Waals surface area contributed by atoms with Crippen molar-refractivity contribution in [2.24, 2.45) is 11.8 Å². The lowest BCUT2D eigenvalue weighted by atomic mass is 9.87. The highest BCUT2D eigenvalue weighted by atomic mass is 35.5. The Labute approximate surface area is 118 Å². The second-order valence-corrected chi connectivity index (χ2v) is 5.37. The molecular formula is C14H20ClFN2O. The first-order valence-corrected chi connectivity index (χ1v) is 7.05. The Morgan fingerprint density at radius 1 is 1.58 bits per heavy atom. The molecule has 19 heavy (non-hydrogen) atoms. The van der Waals surface area contributed by atoms with Gasteiger partial charge in [0.15, 0.2) is 0 Å². The molecular weight excluding hydrogens is 267 g/mol. The largest absolute Gasteiger partial charge is 0.378 e. The number of benzene rings is 1. The summed E-state index contributed by atoms with van der Waals surface area (Å²) in [5.74, 6) is 5.61. The highest BCUT2D eigenvalue weighted by Crippen LogP contribution is 2.29. The molecule has 1 aromatic rings. The van der Waals surface area contributed by atoms with E-state index in [0.29, 0.717) is 17.9 Å². The minimum atomic E-state index is -0.351. The zero-order valence-corrected chi connectivity index (χ0v) is 11.8. The molecule has 0 aromatic heterocycles. The van der Waals surface area contributed by atoms with Gasteiger partial charge >= 0.3 is 0 Å². The molecule has 1 aliphatic rings. The summed E-state index contributed by atoms with van der Waals surface area (Å²) >= 11 is 5.80. The molecule has 5 heteroatoms. The third kappa shape index (κ3) is 3.26. The fourth-order valence-corrected chi connectivity index (χ4v) is 3.02. The van der Waals surface area contributed by atoms with E-state index in [4.69, 9.17) is 22.2 Å². The van der Waals surface area contributed by atoms with Crippen molar-refractivity contribution in [3.8, 4) is 0 Å². The molecule has 0 radical (unpaired) electrons. The van der Waals surface area contributed by atoms with Crippen molar-refractivity contribution in [1.82, 2.24) is 5.43 Å². The predicted octanol–water partition coefficient (Wildman–Crippen LogP) is 2.67. The average Bonchev–Trinajstić information content (AvgIpc) is 2.88. The van der Waals surface area contributed by atoms with Crippen LogP contribution in [0.4, 0.5) is 4.39 Å². The lowest BCUT2D eigenvalue weighted by Gasteiger charge is -2.26. The van der Waals surface area contributed by atoms with Gasteiger partial charge in [-0.1, -0.05) is 30.7 Å². The third-order valence-corrected chi connectivity index (χ3v) is 4.16. The molecule has 0 saturated carbocycles. The van der Waals surface area contributed by atoms with Crippen molar-refractivity contribution in [1.29, 1.82) is 0 Å². The van der Waals surface area contributed by atoms with Crippen molar-refractivity contribution >= 4 is 11.6 Å². The Morgan fingerprint density at radius 3 is 3.05 bits per heavy atom. The number of hydrogen-bond acceptors (Lipinski definition) is 3. The monoisotopic (exact) mass is 286 g/mol. The van der Waals surface area contributed by atoms with Crippen LogP contribution in [-0.2, 0) is 11.2 Å². The van der Waals surface area contributed by atoms with Gasteiger partial charge in [0.1, 0.15) is 5.82 Å². The molecule has 0 spiro atoms. The van der Waals surface area contributed by atoms with E-state index < -0.39 is 0 Å². The summed E-state index contributed by atoms with van der Waals surface area (Å²) in [6, 6.07) is 5.07. The Kier molecular flexibility index (Phi) is 5.16. The van der Waals surface area contributed by atoms with Gasteiger partial charge < -0.3 is 4.74 Å². The minimum Gasteiger partial charge on any atom is -0.378 e. The Balaban J connectivity index is 2.12. The van der Waals surface area contributed by atoms with E-state index in [9.17, 15) is 4.39 Å². The van der Waals surface area contributed by atoms with Gasteiger partial charge in [-0.3, -0.25) is 11.3 Å². The van der Waals surface area contributed by atoms with E-state index in [1.165, 1.54) is 0 Å². The molecule has 0 aliphatic carbocycles. The molecule has 1 saturated heterocycles. The molecule has 0 bridgehead atoms. The quantitative estimate of drug-likeness (QED) is 0.646. The molecule has 3 atom stereocenters. The van der Waals surface area contributed by atoms with Gasteiger partial charge in [-0.25, -0.2) is 4.39 Å². The lowest BCUT2D eigenvalue weighted by Crippen LogP contribution is -2.45. The fraction of sp³-hybridized carbons (Fsp3) is 0.571. The van der Waals surface area contributed by atoms with E-state index in [1.54, 1.807) is 18.2 Å². The molecule has 1 fully saturated rings. The highest BCUT2D eigenvalue weighted by Gasteiger charge is 2.33. The van der Waals surface area contributed by atoms with Crippen molar-refractivity contribution < 1.29 is 9.13 Å². The van der Waals surface area contributed by atoms with Gasteiger partial charge in [0.25, 0.3) is 0 Å². The van der Waals surface area contributed by atoms with Crippen LogP contribution in [0.2, 0.25) is 5.02 Å². The number of halogens is 2. The zero-order chi connectivity index (χ0) is 13.8.